The van der Waals surface area contributed by atoms with Gasteiger partial charge in [0.05, 0.1) is 10.4 Å². The van der Waals surface area contributed by atoms with Gasteiger partial charge in [0, 0.05) is 13.0 Å². The SMILES string of the molecule is O=C1O[C@H]2C[C@]3(CCCCN13)C[C@@H]2Br. The fourth-order valence-corrected chi connectivity index (χ4v) is 4.09. The van der Waals surface area contributed by atoms with Gasteiger partial charge in [0.25, 0.3) is 0 Å². The third kappa shape index (κ3) is 1.06. The summed E-state index contributed by atoms with van der Waals surface area (Å²) < 4.78 is 5.39. The summed E-state index contributed by atoms with van der Waals surface area (Å²) >= 11 is 3.63. The minimum absolute atomic E-state index is 0.0806. The molecule has 78 valence electrons. The van der Waals surface area contributed by atoms with E-state index < -0.39 is 0 Å². The van der Waals surface area contributed by atoms with Crippen LogP contribution < -0.4 is 0 Å². The van der Waals surface area contributed by atoms with Crippen molar-refractivity contribution in [3.05, 3.63) is 0 Å². The lowest BCUT2D eigenvalue weighted by molar-refractivity contribution is -0.0228. The maximum absolute atomic E-state index is 11.7. The summed E-state index contributed by atoms with van der Waals surface area (Å²) in [5, 5.41) is 0. The van der Waals surface area contributed by atoms with Gasteiger partial charge in [-0.05, 0) is 25.7 Å². The Morgan fingerprint density at radius 2 is 2.29 bits per heavy atom. The number of carbonyl (C=O) groups is 1. The molecule has 2 saturated heterocycles. The molecule has 0 N–H and O–H groups in total. The highest BCUT2D eigenvalue weighted by atomic mass is 79.9. The van der Waals surface area contributed by atoms with E-state index >= 15 is 0 Å². The van der Waals surface area contributed by atoms with Gasteiger partial charge in [0.15, 0.2) is 0 Å². The van der Waals surface area contributed by atoms with E-state index in [9.17, 15) is 4.79 Å². The zero-order chi connectivity index (χ0) is 9.76. The average Bonchev–Trinajstić information content (AvgIpc) is 2.39. The molecule has 14 heavy (non-hydrogen) atoms. The van der Waals surface area contributed by atoms with Gasteiger partial charge in [0.2, 0.25) is 0 Å². The Labute approximate surface area is 91.9 Å². The molecule has 0 radical (unpaired) electrons. The molecule has 4 heteroatoms. The van der Waals surface area contributed by atoms with Crippen LogP contribution in [-0.4, -0.2) is 34.0 Å². The largest absolute Gasteiger partial charge is 0.445 e. The third-order valence-corrected chi connectivity index (χ3v) is 4.79. The predicted molar refractivity (Wildman–Crippen MR) is 55.5 cm³/mol. The lowest BCUT2D eigenvalue weighted by atomic mass is 9.85. The van der Waals surface area contributed by atoms with E-state index in [1.165, 1.54) is 12.8 Å². The molecule has 3 nitrogen and oxygen atoms in total. The highest BCUT2D eigenvalue weighted by Gasteiger charge is 2.56. The quantitative estimate of drug-likeness (QED) is 0.625. The van der Waals surface area contributed by atoms with Gasteiger partial charge in [-0.2, -0.15) is 0 Å². The van der Waals surface area contributed by atoms with Crippen LogP contribution >= 0.6 is 15.9 Å². The molecule has 0 aromatic carbocycles. The van der Waals surface area contributed by atoms with E-state index in [1.807, 2.05) is 4.90 Å². The molecule has 1 saturated carbocycles. The van der Waals surface area contributed by atoms with Crippen LogP contribution in [0.2, 0.25) is 0 Å². The molecule has 1 amide bonds. The maximum atomic E-state index is 11.7. The molecule has 2 heterocycles. The van der Waals surface area contributed by atoms with Crippen LogP contribution in [0.4, 0.5) is 4.79 Å². The van der Waals surface area contributed by atoms with Crippen LogP contribution in [0.25, 0.3) is 0 Å². The summed E-state index contributed by atoms with van der Waals surface area (Å²) in [5.74, 6) is 0. The van der Waals surface area contributed by atoms with Crippen molar-refractivity contribution in [2.45, 2.75) is 48.6 Å². The number of ether oxygens (including phenoxy) is 1. The van der Waals surface area contributed by atoms with Gasteiger partial charge in [-0.1, -0.05) is 15.9 Å². The first-order valence-electron chi connectivity index (χ1n) is 5.34. The van der Waals surface area contributed by atoms with Crippen molar-refractivity contribution >= 4 is 22.0 Å². The topological polar surface area (TPSA) is 29.5 Å². The van der Waals surface area contributed by atoms with Crippen molar-refractivity contribution in [3.8, 4) is 0 Å². The molecular weight excluding hydrogens is 246 g/mol. The van der Waals surface area contributed by atoms with Gasteiger partial charge in [0.1, 0.15) is 6.10 Å². The minimum Gasteiger partial charge on any atom is -0.445 e. The number of fused-ring (bicyclic) bond motifs is 1. The zero-order valence-corrected chi connectivity index (χ0v) is 9.63. The first-order chi connectivity index (χ1) is 6.71. The number of hydrogen-bond acceptors (Lipinski definition) is 2. The van der Waals surface area contributed by atoms with Crippen LogP contribution in [0.1, 0.15) is 32.1 Å². The molecule has 3 fully saturated rings. The van der Waals surface area contributed by atoms with Crippen molar-refractivity contribution < 1.29 is 9.53 Å². The van der Waals surface area contributed by atoms with Crippen molar-refractivity contribution in [1.29, 1.82) is 0 Å². The van der Waals surface area contributed by atoms with Gasteiger partial charge >= 0.3 is 6.09 Å². The number of rotatable bonds is 0. The van der Waals surface area contributed by atoms with E-state index in [0.29, 0.717) is 4.83 Å². The van der Waals surface area contributed by atoms with Crippen LogP contribution in [0.15, 0.2) is 0 Å². The standard InChI is InChI=1S/C10H14BrNO2/c11-7-5-10-3-1-2-4-12(10)9(13)14-8(7)6-10/h7-8H,1-6H2/t7-,8-,10-/m0/s1. The maximum Gasteiger partial charge on any atom is 0.410 e. The Hall–Kier alpha value is -0.250. The van der Waals surface area contributed by atoms with Gasteiger partial charge < -0.3 is 9.64 Å². The molecule has 2 aliphatic heterocycles. The Morgan fingerprint density at radius 1 is 1.43 bits per heavy atom. The van der Waals surface area contributed by atoms with Gasteiger partial charge in [-0.3, -0.25) is 0 Å². The highest BCUT2D eigenvalue weighted by molar-refractivity contribution is 9.09. The van der Waals surface area contributed by atoms with E-state index in [-0.39, 0.29) is 17.7 Å². The normalized spacial score (nSPS) is 46.1. The molecule has 1 spiro atoms. The van der Waals surface area contributed by atoms with E-state index in [2.05, 4.69) is 15.9 Å². The Balaban J connectivity index is 1.96. The third-order valence-electron chi connectivity index (χ3n) is 3.88. The molecular formula is C10H14BrNO2. The zero-order valence-electron chi connectivity index (χ0n) is 8.04. The van der Waals surface area contributed by atoms with Crippen LogP contribution in [0.5, 0.6) is 0 Å². The average molecular weight is 260 g/mol. The number of halogens is 1. The molecule has 3 rings (SSSR count). The molecule has 0 aromatic heterocycles. The fourth-order valence-electron chi connectivity index (χ4n) is 3.19. The number of carbonyl (C=O) groups excluding carboxylic acids is 1. The molecule has 0 unspecified atom stereocenters. The first kappa shape index (κ1) is 9.01. The minimum atomic E-state index is -0.0806. The molecule has 1 aliphatic carbocycles. The van der Waals surface area contributed by atoms with E-state index in [1.54, 1.807) is 0 Å². The smallest absolute Gasteiger partial charge is 0.410 e. The number of hydrogen-bond donors (Lipinski definition) is 0. The number of nitrogens with zero attached hydrogens (tertiary/aromatic N) is 1. The summed E-state index contributed by atoms with van der Waals surface area (Å²) in [6.45, 7) is 0.894. The highest BCUT2D eigenvalue weighted by Crippen LogP contribution is 2.49. The summed E-state index contributed by atoms with van der Waals surface area (Å²) in [6.07, 6.45) is 5.71. The first-order valence-corrected chi connectivity index (χ1v) is 6.25. The van der Waals surface area contributed by atoms with Crippen molar-refractivity contribution in [2.24, 2.45) is 0 Å². The second-order valence-corrected chi connectivity index (χ2v) is 5.86. The molecule has 0 aromatic rings. The number of piperidine rings is 1. The predicted octanol–water partition coefficient (Wildman–Crippen LogP) is 2.29. The summed E-state index contributed by atoms with van der Waals surface area (Å²) in [4.78, 5) is 14.1. The second-order valence-electron chi connectivity index (χ2n) is 4.68. The Kier molecular flexibility index (Phi) is 1.85. The summed E-state index contributed by atoms with van der Waals surface area (Å²) in [5.41, 5.74) is 0.145. The van der Waals surface area contributed by atoms with Crippen LogP contribution in [-0.2, 0) is 4.74 Å². The lowest BCUT2D eigenvalue weighted by Crippen LogP contribution is -2.56. The van der Waals surface area contributed by atoms with Crippen molar-refractivity contribution in [2.75, 3.05) is 6.54 Å². The van der Waals surface area contributed by atoms with Crippen molar-refractivity contribution in [3.63, 3.8) is 0 Å². The van der Waals surface area contributed by atoms with E-state index in [0.717, 1.165) is 25.8 Å². The monoisotopic (exact) mass is 259 g/mol. The lowest BCUT2D eigenvalue weighted by Gasteiger charge is -2.46. The molecule has 3 aliphatic rings. The summed E-state index contributed by atoms with van der Waals surface area (Å²) in [7, 11) is 0. The fraction of sp³-hybridized carbons (Fsp3) is 0.900. The Morgan fingerprint density at radius 3 is 3.14 bits per heavy atom. The van der Waals surface area contributed by atoms with Crippen molar-refractivity contribution in [1.82, 2.24) is 4.90 Å². The number of amides is 1. The van der Waals surface area contributed by atoms with Gasteiger partial charge in [-0.15, -0.1) is 0 Å². The van der Waals surface area contributed by atoms with Crippen LogP contribution in [0, 0.1) is 0 Å². The van der Waals surface area contributed by atoms with Gasteiger partial charge in [-0.25, -0.2) is 4.79 Å². The number of alkyl halides is 1. The van der Waals surface area contributed by atoms with Crippen LogP contribution in [0.3, 0.4) is 0 Å². The Bertz CT molecular complexity index is 279. The second kappa shape index (κ2) is 2.87. The molecule has 3 atom stereocenters. The van der Waals surface area contributed by atoms with E-state index in [4.69, 9.17) is 4.74 Å². The molecule has 2 bridgehead atoms. The summed E-state index contributed by atoms with van der Waals surface area (Å²) in [6, 6.07) is 0.